The second-order valence-corrected chi connectivity index (χ2v) is 5.71. The molecular formula is C19H18N2O2. The lowest BCUT2D eigenvalue weighted by molar-refractivity contribution is 0.0994. The number of pyridine rings is 1. The summed E-state index contributed by atoms with van der Waals surface area (Å²) in [6, 6.07) is 15.0. The van der Waals surface area contributed by atoms with E-state index in [0.29, 0.717) is 16.3 Å². The summed E-state index contributed by atoms with van der Waals surface area (Å²) in [4.78, 5) is 26.8. The van der Waals surface area contributed by atoms with Gasteiger partial charge < -0.3 is 9.47 Å². The second kappa shape index (κ2) is 5.72. The maximum atomic E-state index is 12.9. The third-order valence-electron chi connectivity index (χ3n) is 4.01. The van der Waals surface area contributed by atoms with Crippen molar-refractivity contribution in [3.05, 3.63) is 76.2 Å². The first-order valence-corrected chi connectivity index (χ1v) is 7.42. The smallest absolute Gasteiger partial charge is 0.260 e. The van der Waals surface area contributed by atoms with Crippen molar-refractivity contribution in [2.45, 2.75) is 6.92 Å². The summed E-state index contributed by atoms with van der Waals surface area (Å²) in [6.45, 7) is 1.99. The largest absolute Gasteiger partial charge is 0.317 e. The van der Waals surface area contributed by atoms with Crippen molar-refractivity contribution in [2.75, 3.05) is 11.9 Å². The van der Waals surface area contributed by atoms with E-state index in [1.165, 1.54) is 4.57 Å². The number of carbonyl (C=O) groups excluding carboxylic acids is 1. The van der Waals surface area contributed by atoms with Crippen molar-refractivity contribution in [1.82, 2.24) is 4.57 Å². The number of hydrogen-bond acceptors (Lipinski definition) is 2. The lowest BCUT2D eigenvalue weighted by Crippen LogP contribution is -2.28. The van der Waals surface area contributed by atoms with Gasteiger partial charge in [0.05, 0.1) is 5.56 Å². The Morgan fingerprint density at radius 3 is 2.43 bits per heavy atom. The number of carbonyl (C=O) groups is 1. The molecule has 1 heterocycles. The number of nitrogens with zero attached hydrogens (tertiary/aromatic N) is 2. The molecule has 1 aromatic heterocycles. The van der Waals surface area contributed by atoms with Crippen LogP contribution in [-0.2, 0) is 7.05 Å². The minimum Gasteiger partial charge on any atom is -0.317 e. The Bertz CT molecular complexity index is 957. The van der Waals surface area contributed by atoms with E-state index in [9.17, 15) is 9.59 Å². The summed E-state index contributed by atoms with van der Waals surface area (Å²) >= 11 is 0. The van der Waals surface area contributed by atoms with Crippen LogP contribution in [0.4, 0.5) is 5.69 Å². The van der Waals surface area contributed by atoms with Crippen molar-refractivity contribution in [2.24, 2.45) is 7.05 Å². The number of aryl methyl sites for hydroxylation is 2. The van der Waals surface area contributed by atoms with Crippen molar-refractivity contribution in [1.29, 1.82) is 0 Å². The molecule has 0 aliphatic heterocycles. The van der Waals surface area contributed by atoms with E-state index in [4.69, 9.17) is 0 Å². The van der Waals surface area contributed by atoms with Gasteiger partial charge in [0, 0.05) is 36.8 Å². The van der Waals surface area contributed by atoms with E-state index in [-0.39, 0.29) is 11.5 Å². The van der Waals surface area contributed by atoms with Crippen LogP contribution in [0.15, 0.2) is 59.5 Å². The summed E-state index contributed by atoms with van der Waals surface area (Å²) in [7, 11) is 3.41. The van der Waals surface area contributed by atoms with E-state index < -0.39 is 0 Å². The van der Waals surface area contributed by atoms with Crippen molar-refractivity contribution >= 4 is 22.4 Å². The summed E-state index contributed by atoms with van der Waals surface area (Å²) in [6.07, 6.45) is 1.61. The molecule has 0 aliphatic rings. The van der Waals surface area contributed by atoms with Crippen LogP contribution in [0.3, 0.4) is 0 Å². The average molecular weight is 306 g/mol. The molecule has 0 unspecified atom stereocenters. The highest BCUT2D eigenvalue weighted by Gasteiger charge is 2.18. The van der Waals surface area contributed by atoms with Gasteiger partial charge in [-0.25, -0.2) is 0 Å². The predicted molar refractivity (Wildman–Crippen MR) is 93.1 cm³/mol. The monoisotopic (exact) mass is 306 g/mol. The molecule has 3 rings (SSSR count). The molecule has 23 heavy (non-hydrogen) atoms. The third kappa shape index (κ3) is 2.63. The summed E-state index contributed by atoms with van der Waals surface area (Å²) in [5.74, 6) is -0.137. The number of aromatic nitrogens is 1. The van der Waals surface area contributed by atoms with Gasteiger partial charge in [-0.05, 0) is 30.7 Å². The number of amides is 1. The summed E-state index contributed by atoms with van der Waals surface area (Å²) in [5, 5.41) is 1.23. The fourth-order valence-electron chi connectivity index (χ4n) is 2.72. The normalized spacial score (nSPS) is 10.7. The van der Waals surface area contributed by atoms with Crippen LogP contribution in [0.25, 0.3) is 10.8 Å². The Kier molecular flexibility index (Phi) is 3.74. The molecule has 0 saturated carbocycles. The highest BCUT2D eigenvalue weighted by atomic mass is 16.2. The van der Waals surface area contributed by atoms with Gasteiger partial charge in [0.15, 0.2) is 0 Å². The van der Waals surface area contributed by atoms with Gasteiger partial charge >= 0.3 is 0 Å². The van der Waals surface area contributed by atoms with Crippen LogP contribution in [-0.4, -0.2) is 17.5 Å². The molecule has 1 amide bonds. The number of anilines is 1. The van der Waals surface area contributed by atoms with Crippen LogP contribution >= 0.6 is 0 Å². The van der Waals surface area contributed by atoms with Crippen molar-refractivity contribution in [3.8, 4) is 0 Å². The fraction of sp³-hybridized carbons (Fsp3) is 0.158. The van der Waals surface area contributed by atoms with Gasteiger partial charge in [-0.15, -0.1) is 0 Å². The van der Waals surface area contributed by atoms with Crippen LogP contribution < -0.4 is 10.5 Å². The zero-order valence-electron chi connectivity index (χ0n) is 13.4. The van der Waals surface area contributed by atoms with Crippen LogP contribution in [0.2, 0.25) is 0 Å². The predicted octanol–water partition coefficient (Wildman–Crippen LogP) is 3.12. The molecule has 0 fully saturated rings. The highest BCUT2D eigenvalue weighted by Crippen LogP contribution is 2.21. The Balaban J connectivity index is 2.15. The Morgan fingerprint density at radius 2 is 1.74 bits per heavy atom. The van der Waals surface area contributed by atoms with E-state index in [2.05, 4.69) is 0 Å². The minimum atomic E-state index is -0.137. The first kappa shape index (κ1) is 15.0. The average Bonchev–Trinajstić information content (AvgIpc) is 2.57. The Labute approximate surface area is 134 Å². The molecule has 116 valence electrons. The lowest BCUT2D eigenvalue weighted by atomic mass is 10.1. The van der Waals surface area contributed by atoms with Gasteiger partial charge in [0.2, 0.25) is 0 Å². The Morgan fingerprint density at radius 1 is 1.04 bits per heavy atom. The fourth-order valence-corrected chi connectivity index (χ4v) is 2.72. The first-order valence-electron chi connectivity index (χ1n) is 7.42. The lowest BCUT2D eigenvalue weighted by Gasteiger charge is -2.19. The molecule has 0 N–H and O–H groups in total. The zero-order valence-corrected chi connectivity index (χ0v) is 13.4. The second-order valence-electron chi connectivity index (χ2n) is 5.71. The summed E-state index contributed by atoms with van der Waals surface area (Å²) in [5.41, 5.74) is 2.34. The maximum absolute atomic E-state index is 12.9. The maximum Gasteiger partial charge on any atom is 0.260 e. The first-order chi connectivity index (χ1) is 11.0. The zero-order chi connectivity index (χ0) is 16.6. The summed E-state index contributed by atoms with van der Waals surface area (Å²) < 4.78 is 1.46. The molecule has 0 aliphatic carbocycles. The van der Waals surface area contributed by atoms with Crippen LogP contribution in [0, 0.1) is 6.92 Å². The van der Waals surface area contributed by atoms with Crippen molar-refractivity contribution in [3.63, 3.8) is 0 Å². The van der Waals surface area contributed by atoms with Gasteiger partial charge in [0.25, 0.3) is 11.5 Å². The highest BCUT2D eigenvalue weighted by molar-refractivity contribution is 6.13. The van der Waals surface area contributed by atoms with Gasteiger partial charge in [0.1, 0.15) is 0 Å². The minimum absolute atomic E-state index is 0.102. The molecule has 0 saturated heterocycles. The van der Waals surface area contributed by atoms with E-state index in [1.807, 2.05) is 49.4 Å². The molecule has 0 spiro atoms. The number of rotatable bonds is 2. The molecule has 4 heteroatoms. The third-order valence-corrected chi connectivity index (χ3v) is 4.01. The van der Waals surface area contributed by atoms with Gasteiger partial charge in [-0.2, -0.15) is 0 Å². The Hall–Kier alpha value is -2.88. The standard InChI is InChI=1S/C19H18N2O2/c1-13-7-6-8-14(11-13)21(3)19(23)17-12-20(2)18(22)16-10-5-4-9-15(16)17/h4-12H,1-3H3. The number of benzene rings is 2. The molecule has 3 aromatic rings. The van der Waals surface area contributed by atoms with E-state index >= 15 is 0 Å². The molecule has 4 nitrogen and oxygen atoms in total. The van der Waals surface area contributed by atoms with Crippen LogP contribution in [0.1, 0.15) is 15.9 Å². The van der Waals surface area contributed by atoms with E-state index in [0.717, 1.165) is 11.3 Å². The molecular weight excluding hydrogens is 288 g/mol. The SMILES string of the molecule is Cc1cccc(N(C)C(=O)c2cn(C)c(=O)c3ccccc23)c1. The van der Waals surface area contributed by atoms with E-state index in [1.54, 1.807) is 31.3 Å². The molecule has 2 aromatic carbocycles. The quantitative estimate of drug-likeness (QED) is 0.730. The topological polar surface area (TPSA) is 42.3 Å². The van der Waals surface area contributed by atoms with Gasteiger partial charge in [-0.1, -0.05) is 30.3 Å². The molecule has 0 radical (unpaired) electrons. The van der Waals surface area contributed by atoms with Crippen molar-refractivity contribution < 1.29 is 4.79 Å². The molecule has 0 atom stereocenters. The van der Waals surface area contributed by atoms with Gasteiger partial charge in [-0.3, -0.25) is 9.59 Å². The van der Waals surface area contributed by atoms with Crippen LogP contribution in [0.5, 0.6) is 0 Å². The number of hydrogen-bond donors (Lipinski definition) is 0. The molecule has 0 bridgehead atoms. The number of fused-ring (bicyclic) bond motifs is 1.